The highest BCUT2D eigenvalue weighted by Gasteiger charge is 2.38. The second-order valence-electron chi connectivity index (χ2n) is 9.50. The molecule has 1 aliphatic rings. The van der Waals surface area contributed by atoms with E-state index in [0.717, 1.165) is 14.8 Å². The molecule has 3 aromatic rings. The highest BCUT2D eigenvalue weighted by Crippen LogP contribution is 2.37. The maximum Gasteiger partial charge on any atom is 0.309 e. The van der Waals surface area contributed by atoms with Crippen LogP contribution in [0.5, 0.6) is 5.75 Å². The van der Waals surface area contributed by atoms with Gasteiger partial charge in [-0.3, -0.25) is 19.7 Å². The first-order chi connectivity index (χ1) is 18.1. The van der Waals surface area contributed by atoms with Crippen LogP contribution < -0.4 is 15.0 Å². The van der Waals surface area contributed by atoms with E-state index in [1.807, 2.05) is 37.2 Å². The van der Waals surface area contributed by atoms with Crippen LogP contribution in [0, 0.1) is 5.41 Å². The summed E-state index contributed by atoms with van der Waals surface area (Å²) in [5.74, 6) is -0.792. The van der Waals surface area contributed by atoms with Crippen LogP contribution in [-0.2, 0) is 4.79 Å². The first-order valence-electron chi connectivity index (χ1n) is 12.0. The molecule has 0 spiro atoms. The summed E-state index contributed by atoms with van der Waals surface area (Å²) in [6, 6.07) is 12.7. The van der Waals surface area contributed by atoms with Crippen molar-refractivity contribution in [2.75, 3.05) is 44.5 Å². The minimum atomic E-state index is -0.831. The minimum Gasteiger partial charge on any atom is -0.496 e. The summed E-state index contributed by atoms with van der Waals surface area (Å²) in [4.78, 5) is 46.3. The number of benzene rings is 2. The van der Waals surface area contributed by atoms with Gasteiger partial charge < -0.3 is 19.6 Å². The number of carbonyl (C=O) groups is 3. The number of piperidine rings is 1. The third-order valence-corrected chi connectivity index (χ3v) is 8.64. The summed E-state index contributed by atoms with van der Waals surface area (Å²) < 4.78 is 6.29. The molecule has 1 aromatic heterocycles. The van der Waals surface area contributed by atoms with E-state index >= 15 is 0 Å². The fourth-order valence-electron chi connectivity index (χ4n) is 4.07. The first-order valence-corrected chi connectivity index (χ1v) is 13.7. The predicted octanol–water partition coefficient (Wildman–Crippen LogP) is 4.95. The average molecular weight is 555 g/mol. The molecule has 4 rings (SSSR count). The van der Waals surface area contributed by atoms with Gasteiger partial charge in [-0.2, -0.15) is 0 Å². The van der Waals surface area contributed by atoms with E-state index in [1.54, 1.807) is 42.3 Å². The SMILES string of the molecule is COc1ccc(Sc2cnc(NC(=O)c3ccc(N(C)C)cc3)s2)cc1C(=O)N1CCC(C)(C(=O)O)CC1. The van der Waals surface area contributed by atoms with E-state index in [0.29, 0.717) is 47.9 Å². The Labute approximate surface area is 229 Å². The molecular formula is C27H30N4O5S2. The number of rotatable bonds is 8. The summed E-state index contributed by atoms with van der Waals surface area (Å²) >= 11 is 2.78. The number of hydrogen-bond donors (Lipinski definition) is 2. The number of carboxylic acid groups (broad SMARTS) is 1. The van der Waals surface area contributed by atoms with E-state index in [1.165, 1.54) is 30.2 Å². The largest absolute Gasteiger partial charge is 0.496 e. The Bertz CT molecular complexity index is 1330. The van der Waals surface area contributed by atoms with Crippen LogP contribution in [0.25, 0.3) is 0 Å². The van der Waals surface area contributed by atoms with Crippen LogP contribution >= 0.6 is 23.1 Å². The molecule has 0 atom stereocenters. The van der Waals surface area contributed by atoms with Crippen molar-refractivity contribution < 1.29 is 24.2 Å². The Morgan fingerprint density at radius 3 is 2.42 bits per heavy atom. The number of ether oxygens (including phenoxy) is 1. The van der Waals surface area contributed by atoms with Crippen LogP contribution in [-0.4, -0.2) is 67.1 Å². The van der Waals surface area contributed by atoms with Gasteiger partial charge in [0.15, 0.2) is 5.13 Å². The van der Waals surface area contributed by atoms with E-state index in [9.17, 15) is 19.5 Å². The molecular weight excluding hydrogens is 524 g/mol. The third-order valence-electron chi connectivity index (χ3n) is 6.64. The maximum atomic E-state index is 13.3. The topological polar surface area (TPSA) is 112 Å². The van der Waals surface area contributed by atoms with Gasteiger partial charge >= 0.3 is 5.97 Å². The Morgan fingerprint density at radius 1 is 1.13 bits per heavy atom. The molecule has 11 heteroatoms. The molecule has 1 aliphatic heterocycles. The van der Waals surface area contributed by atoms with Gasteiger partial charge in [0.05, 0.1) is 28.5 Å². The molecule has 38 heavy (non-hydrogen) atoms. The third kappa shape index (κ3) is 6.11. The second kappa shape index (κ2) is 11.4. The van der Waals surface area contributed by atoms with Crippen LogP contribution in [0.1, 0.15) is 40.5 Å². The quantitative estimate of drug-likeness (QED) is 0.402. The summed E-state index contributed by atoms with van der Waals surface area (Å²) in [6.45, 7) is 2.47. The fraction of sp³-hybridized carbons (Fsp3) is 0.333. The number of nitrogens with one attached hydrogen (secondary N) is 1. The zero-order valence-corrected chi connectivity index (χ0v) is 23.3. The molecule has 2 heterocycles. The van der Waals surface area contributed by atoms with Crippen molar-refractivity contribution >= 4 is 51.7 Å². The minimum absolute atomic E-state index is 0.186. The number of carboxylic acids is 1. The standard InChI is InChI=1S/C27H30N4O5S2/c1-27(25(34)35)11-13-31(14-12-27)24(33)20-15-19(9-10-21(20)36-4)37-22-16-28-26(38-22)29-23(32)17-5-7-18(8-6-17)30(2)3/h5-10,15-16H,11-14H2,1-4H3,(H,34,35)(H,28,29,32). The number of hydrogen-bond acceptors (Lipinski definition) is 8. The van der Waals surface area contributed by atoms with E-state index < -0.39 is 11.4 Å². The summed E-state index contributed by atoms with van der Waals surface area (Å²) in [5, 5.41) is 12.8. The van der Waals surface area contributed by atoms with Crippen molar-refractivity contribution in [1.82, 2.24) is 9.88 Å². The van der Waals surface area contributed by atoms with Crippen molar-refractivity contribution in [3.8, 4) is 5.75 Å². The van der Waals surface area contributed by atoms with Gasteiger partial charge in [-0.1, -0.05) is 23.1 Å². The van der Waals surface area contributed by atoms with Crippen molar-refractivity contribution in [2.24, 2.45) is 5.41 Å². The molecule has 9 nitrogen and oxygen atoms in total. The second-order valence-corrected chi connectivity index (χ2v) is 11.9. The van der Waals surface area contributed by atoms with Gasteiger partial charge in [-0.05, 0) is 62.2 Å². The van der Waals surface area contributed by atoms with E-state index in [-0.39, 0.29) is 11.8 Å². The van der Waals surface area contributed by atoms with Crippen LogP contribution in [0.15, 0.2) is 57.8 Å². The molecule has 1 saturated heterocycles. The number of likely N-dealkylation sites (tertiary alicyclic amines) is 1. The number of aromatic nitrogens is 1. The number of nitrogens with zero attached hydrogens (tertiary/aromatic N) is 3. The van der Waals surface area contributed by atoms with Crippen LogP contribution in [0.3, 0.4) is 0 Å². The normalized spacial score (nSPS) is 14.6. The smallest absolute Gasteiger partial charge is 0.309 e. The van der Waals surface area contributed by atoms with Crippen molar-refractivity contribution in [3.05, 3.63) is 59.8 Å². The maximum absolute atomic E-state index is 13.3. The Kier molecular flexibility index (Phi) is 8.27. The monoisotopic (exact) mass is 554 g/mol. The summed E-state index contributed by atoms with van der Waals surface area (Å²) in [7, 11) is 5.40. The molecule has 200 valence electrons. The Morgan fingerprint density at radius 2 is 1.82 bits per heavy atom. The Hall–Kier alpha value is -3.57. The van der Waals surface area contributed by atoms with Crippen molar-refractivity contribution in [1.29, 1.82) is 0 Å². The Balaban J connectivity index is 1.43. The molecule has 0 unspecified atom stereocenters. The van der Waals surface area contributed by atoms with Gasteiger partial charge in [0, 0.05) is 43.3 Å². The first kappa shape index (κ1) is 27.5. The highest BCUT2D eigenvalue weighted by molar-refractivity contribution is 8.01. The lowest BCUT2D eigenvalue weighted by molar-refractivity contribution is -0.150. The van der Waals surface area contributed by atoms with Gasteiger partial charge in [-0.25, -0.2) is 4.98 Å². The molecule has 0 bridgehead atoms. The molecule has 1 fully saturated rings. The van der Waals surface area contributed by atoms with Crippen molar-refractivity contribution in [2.45, 2.75) is 28.9 Å². The van der Waals surface area contributed by atoms with Crippen LogP contribution in [0.4, 0.5) is 10.8 Å². The van der Waals surface area contributed by atoms with Crippen LogP contribution in [0.2, 0.25) is 0 Å². The number of aliphatic carboxylic acids is 1. The van der Waals surface area contributed by atoms with E-state index in [4.69, 9.17) is 4.74 Å². The van der Waals surface area contributed by atoms with Gasteiger partial charge in [-0.15, -0.1) is 0 Å². The lowest BCUT2D eigenvalue weighted by atomic mass is 9.80. The predicted molar refractivity (Wildman–Crippen MR) is 149 cm³/mol. The number of thiazole rings is 1. The number of amides is 2. The number of anilines is 2. The zero-order valence-electron chi connectivity index (χ0n) is 21.7. The fourth-order valence-corrected chi connectivity index (χ4v) is 5.95. The highest BCUT2D eigenvalue weighted by atomic mass is 32.2. The lowest BCUT2D eigenvalue weighted by Crippen LogP contribution is -2.45. The summed E-state index contributed by atoms with van der Waals surface area (Å²) in [6.07, 6.45) is 2.49. The molecule has 2 N–H and O–H groups in total. The average Bonchev–Trinajstić information content (AvgIpc) is 3.35. The van der Waals surface area contributed by atoms with Gasteiger partial charge in [0.25, 0.3) is 11.8 Å². The molecule has 2 amide bonds. The lowest BCUT2D eigenvalue weighted by Gasteiger charge is -2.36. The zero-order chi connectivity index (χ0) is 27.4. The number of methoxy groups -OCH3 is 1. The molecule has 2 aromatic carbocycles. The summed E-state index contributed by atoms with van der Waals surface area (Å²) in [5.41, 5.74) is 1.16. The molecule has 0 radical (unpaired) electrons. The van der Waals surface area contributed by atoms with Crippen molar-refractivity contribution in [3.63, 3.8) is 0 Å². The molecule has 0 saturated carbocycles. The number of carbonyl (C=O) groups excluding carboxylic acids is 2. The van der Waals surface area contributed by atoms with E-state index in [2.05, 4.69) is 10.3 Å². The van der Waals surface area contributed by atoms with Gasteiger partial charge in [0.1, 0.15) is 5.75 Å². The van der Waals surface area contributed by atoms with Gasteiger partial charge in [0.2, 0.25) is 0 Å². The molecule has 0 aliphatic carbocycles.